The van der Waals surface area contributed by atoms with Gasteiger partial charge in [0.15, 0.2) is 9.84 Å². The quantitative estimate of drug-likeness (QED) is 0.489. The number of rotatable bonds is 4. The number of pyridine rings is 1. The summed E-state index contributed by atoms with van der Waals surface area (Å²) in [6, 6.07) is 13.0. The minimum absolute atomic E-state index is 0.214. The van der Waals surface area contributed by atoms with Gasteiger partial charge >= 0.3 is 0 Å². The molecule has 0 bridgehead atoms. The van der Waals surface area contributed by atoms with Gasteiger partial charge in [-0.25, -0.2) is 8.42 Å². The summed E-state index contributed by atoms with van der Waals surface area (Å²) in [5.41, 5.74) is 3.32. The summed E-state index contributed by atoms with van der Waals surface area (Å²) in [6.07, 6.45) is 2.52. The Labute approximate surface area is 143 Å². The van der Waals surface area contributed by atoms with E-state index in [0.717, 1.165) is 6.26 Å². The Morgan fingerprint density at radius 3 is 2.36 bits per heavy atom. The molecule has 0 aliphatic carbocycles. The van der Waals surface area contributed by atoms with Crippen molar-refractivity contribution in [2.24, 2.45) is 5.10 Å². The number of anilines is 1. The van der Waals surface area contributed by atoms with Crippen molar-refractivity contribution in [3.63, 3.8) is 0 Å². The van der Waals surface area contributed by atoms with E-state index in [1.807, 2.05) is 0 Å². The number of hydrazone groups is 1. The van der Waals surface area contributed by atoms with Crippen molar-refractivity contribution < 1.29 is 13.5 Å². The molecule has 3 aromatic rings. The lowest BCUT2D eigenvalue weighted by molar-refractivity contribution is 0.452. The molecule has 3 N–H and O–H groups in total. The summed E-state index contributed by atoms with van der Waals surface area (Å²) in [7, 11) is -3.25. The molecule has 128 valence electrons. The van der Waals surface area contributed by atoms with Gasteiger partial charge < -0.3 is 5.11 Å². The molecular formula is C17H15N3O4S. The van der Waals surface area contributed by atoms with Crippen LogP contribution in [0.1, 0.15) is 5.56 Å². The van der Waals surface area contributed by atoms with Gasteiger partial charge in [-0.1, -0.05) is 18.2 Å². The first-order valence-corrected chi connectivity index (χ1v) is 9.18. The van der Waals surface area contributed by atoms with Gasteiger partial charge in [-0.15, -0.1) is 0 Å². The molecule has 25 heavy (non-hydrogen) atoms. The van der Waals surface area contributed by atoms with Crippen molar-refractivity contribution in [2.45, 2.75) is 4.90 Å². The lowest BCUT2D eigenvalue weighted by atomic mass is 10.1. The zero-order valence-electron chi connectivity index (χ0n) is 13.2. The van der Waals surface area contributed by atoms with Crippen molar-refractivity contribution >= 4 is 32.5 Å². The van der Waals surface area contributed by atoms with Gasteiger partial charge in [-0.05, 0) is 30.3 Å². The Morgan fingerprint density at radius 1 is 1.08 bits per heavy atom. The van der Waals surface area contributed by atoms with Crippen molar-refractivity contribution in [2.75, 3.05) is 11.7 Å². The maximum atomic E-state index is 11.8. The molecule has 0 spiro atoms. The van der Waals surface area contributed by atoms with Gasteiger partial charge in [-0.3, -0.25) is 15.2 Å². The minimum Gasteiger partial charge on any atom is -0.494 e. The number of aromatic nitrogens is 1. The Hall–Kier alpha value is -3.13. The SMILES string of the molecule is CS(=O)(=O)c1ccc(N/N=C/c2c(O)[nH]c(=O)c3ccccc23)cc1. The van der Waals surface area contributed by atoms with E-state index < -0.39 is 9.84 Å². The van der Waals surface area contributed by atoms with Gasteiger partial charge in [0.1, 0.15) is 0 Å². The summed E-state index contributed by atoms with van der Waals surface area (Å²) in [5.74, 6) is -0.276. The van der Waals surface area contributed by atoms with Gasteiger partial charge in [0.25, 0.3) is 5.56 Å². The van der Waals surface area contributed by atoms with Gasteiger partial charge in [0, 0.05) is 17.0 Å². The lowest BCUT2D eigenvalue weighted by Gasteiger charge is -2.05. The molecule has 3 rings (SSSR count). The van der Waals surface area contributed by atoms with Crippen LogP contribution in [0.2, 0.25) is 0 Å². The van der Waals surface area contributed by atoms with Crippen molar-refractivity contribution in [1.29, 1.82) is 0 Å². The molecule has 0 saturated carbocycles. The molecule has 0 atom stereocenters. The highest BCUT2D eigenvalue weighted by Gasteiger charge is 2.09. The van der Waals surface area contributed by atoms with Crippen LogP contribution < -0.4 is 11.0 Å². The third kappa shape index (κ3) is 3.53. The van der Waals surface area contributed by atoms with Crippen molar-refractivity contribution in [1.82, 2.24) is 4.98 Å². The van der Waals surface area contributed by atoms with Crippen LogP contribution in [0.15, 0.2) is 63.3 Å². The van der Waals surface area contributed by atoms with Crippen LogP contribution in [0.4, 0.5) is 5.69 Å². The predicted octanol–water partition coefficient (Wildman–Crippen LogP) is 2.08. The number of benzene rings is 2. The monoisotopic (exact) mass is 357 g/mol. The van der Waals surface area contributed by atoms with E-state index in [0.29, 0.717) is 22.0 Å². The number of aromatic amines is 1. The number of sulfone groups is 1. The number of fused-ring (bicyclic) bond motifs is 1. The van der Waals surface area contributed by atoms with E-state index in [-0.39, 0.29) is 16.3 Å². The van der Waals surface area contributed by atoms with E-state index in [1.54, 1.807) is 36.4 Å². The molecule has 0 aliphatic rings. The highest BCUT2D eigenvalue weighted by Crippen LogP contribution is 2.20. The highest BCUT2D eigenvalue weighted by atomic mass is 32.2. The number of nitrogens with one attached hydrogen (secondary N) is 2. The maximum absolute atomic E-state index is 11.8. The Balaban J connectivity index is 1.88. The Kier molecular flexibility index (Phi) is 4.28. The first-order chi connectivity index (χ1) is 11.9. The summed E-state index contributed by atoms with van der Waals surface area (Å²) in [4.78, 5) is 14.4. The molecule has 0 aliphatic heterocycles. The molecular weight excluding hydrogens is 342 g/mol. The molecule has 0 saturated heterocycles. The fourth-order valence-electron chi connectivity index (χ4n) is 2.36. The largest absolute Gasteiger partial charge is 0.494 e. The Bertz CT molecular complexity index is 1120. The van der Waals surface area contributed by atoms with Crippen LogP contribution in [0, 0.1) is 0 Å². The molecule has 0 amide bonds. The smallest absolute Gasteiger partial charge is 0.258 e. The minimum atomic E-state index is -3.25. The number of nitrogens with zero attached hydrogens (tertiary/aromatic N) is 1. The van der Waals surface area contributed by atoms with E-state index in [2.05, 4.69) is 15.5 Å². The number of hydrogen-bond acceptors (Lipinski definition) is 6. The van der Waals surface area contributed by atoms with Gasteiger partial charge in [0.2, 0.25) is 5.88 Å². The molecule has 0 radical (unpaired) electrons. The van der Waals surface area contributed by atoms with Crippen molar-refractivity contribution in [3.05, 3.63) is 64.4 Å². The van der Waals surface area contributed by atoms with Crippen LogP contribution in [0.3, 0.4) is 0 Å². The van der Waals surface area contributed by atoms with Gasteiger partial charge in [-0.2, -0.15) is 5.10 Å². The van der Waals surface area contributed by atoms with Crippen LogP contribution in [0.5, 0.6) is 5.88 Å². The van der Waals surface area contributed by atoms with Crippen LogP contribution in [-0.2, 0) is 9.84 Å². The number of hydrogen-bond donors (Lipinski definition) is 3. The molecule has 1 heterocycles. The molecule has 0 unspecified atom stereocenters. The van der Waals surface area contributed by atoms with Gasteiger partial charge in [0.05, 0.1) is 22.4 Å². The third-order valence-corrected chi connectivity index (χ3v) is 4.75. The topological polar surface area (TPSA) is 112 Å². The molecule has 0 fully saturated rings. The van der Waals surface area contributed by atoms with Crippen LogP contribution in [0.25, 0.3) is 10.8 Å². The van der Waals surface area contributed by atoms with Crippen LogP contribution >= 0.6 is 0 Å². The maximum Gasteiger partial charge on any atom is 0.258 e. The lowest BCUT2D eigenvalue weighted by Crippen LogP contribution is -2.08. The fraction of sp³-hybridized carbons (Fsp3) is 0.0588. The number of aromatic hydroxyl groups is 1. The molecule has 1 aromatic heterocycles. The van der Waals surface area contributed by atoms with Crippen LogP contribution in [-0.4, -0.2) is 31.0 Å². The second-order valence-corrected chi connectivity index (χ2v) is 7.44. The van der Waals surface area contributed by atoms with E-state index >= 15 is 0 Å². The highest BCUT2D eigenvalue weighted by molar-refractivity contribution is 7.90. The normalized spacial score (nSPS) is 11.9. The van der Waals surface area contributed by atoms with E-state index in [4.69, 9.17) is 0 Å². The average molecular weight is 357 g/mol. The van der Waals surface area contributed by atoms with Crippen molar-refractivity contribution in [3.8, 4) is 5.88 Å². The summed E-state index contributed by atoms with van der Waals surface area (Å²) >= 11 is 0. The van der Waals surface area contributed by atoms with E-state index in [9.17, 15) is 18.3 Å². The standard InChI is InChI=1S/C17H15N3O4S/c1-25(23,24)12-8-6-11(7-9-12)20-18-10-15-13-4-2-3-5-14(13)16(21)19-17(15)22/h2-10,20H,1H3,(H2,19,21,22)/b18-10+. The zero-order chi connectivity index (χ0) is 18.0. The first kappa shape index (κ1) is 16.7. The Morgan fingerprint density at radius 2 is 1.72 bits per heavy atom. The zero-order valence-corrected chi connectivity index (χ0v) is 14.0. The third-order valence-electron chi connectivity index (χ3n) is 3.62. The van der Waals surface area contributed by atoms with E-state index in [1.165, 1.54) is 18.3 Å². The number of H-pyrrole nitrogens is 1. The fourth-order valence-corrected chi connectivity index (χ4v) is 2.99. The first-order valence-electron chi connectivity index (χ1n) is 7.29. The molecule has 2 aromatic carbocycles. The molecule has 7 nitrogen and oxygen atoms in total. The average Bonchev–Trinajstić information content (AvgIpc) is 2.57. The molecule has 8 heteroatoms. The summed E-state index contributed by atoms with van der Waals surface area (Å²) < 4.78 is 22.9. The summed E-state index contributed by atoms with van der Waals surface area (Å²) in [5, 5.41) is 15.0. The predicted molar refractivity (Wildman–Crippen MR) is 97.0 cm³/mol. The second kappa shape index (κ2) is 6.40. The second-order valence-electron chi connectivity index (χ2n) is 5.43. The summed E-state index contributed by atoms with van der Waals surface area (Å²) in [6.45, 7) is 0.